The Labute approximate surface area is 115 Å². The van der Waals surface area contributed by atoms with E-state index in [2.05, 4.69) is 4.98 Å². The topological polar surface area (TPSA) is 101 Å². The van der Waals surface area contributed by atoms with E-state index in [-0.39, 0.29) is 17.3 Å². The van der Waals surface area contributed by atoms with Crippen LogP contribution in [0.3, 0.4) is 0 Å². The number of hydrogen-bond acceptors (Lipinski definition) is 6. The molecule has 0 atom stereocenters. The van der Waals surface area contributed by atoms with Crippen molar-refractivity contribution in [2.75, 3.05) is 12.8 Å². The van der Waals surface area contributed by atoms with Crippen molar-refractivity contribution in [3.8, 4) is 17.4 Å². The summed E-state index contributed by atoms with van der Waals surface area (Å²) in [7, 11) is 1.44. The van der Waals surface area contributed by atoms with E-state index < -0.39 is 4.92 Å². The molecule has 0 aliphatic carbocycles. The highest BCUT2D eigenvalue weighted by Crippen LogP contribution is 2.34. The Morgan fingerprint density at radius 2 is 2.10 bits per heavy atom. The lowest BCUT2D eigenvalue weighted by Crippen LogP contribution is -1.98. The van der Waals surface area contributed by atoms with E-state index in [9.17, 15) is 10.1 Å². The molecule has 7 nitrogen and oxygen atoms in total. The first-order valence-electron chi connectivity index (χ1n) is 5.73. The van der Waals surface area contributed by atoms with Crippen LogP contribution in [-0.4, -0.2) is 17.0 Å². The summed E-state index contributed by atoms with van der Waals surface area (Å²) in [4.78, 5) is 14.5. The van der Waals surface area contributed by atoms with E-state index in [1.807, 2.05) is 0 Å². The summed E-state index contributed by atoms with van der Waals surface area (Å²) in [5.74, 6) is 0.745. The molecule has 0 saturated carbocycles. The standard InChI is InChI=1S/C13H13N3O4/c1-8-5-9(14)7-15-13(8)20-12-4-3-10(19-2)6-11(12)16(17)18/h3-7H,14H2,1-2H3. The number of nitrogens with two attached hydrogens (primary N) is 1. The number of nitro benzene ring substituents is 1. The molecule has 0 aliphatic rings. The molecule has 0 amide bonds. The maximum atomic E-state index is 11.0. The molecule has 2 rings (SSSR count). The number of rotatable bonds is 4. The van der Waals surface area contributed by atoms with Gasteiger partial charge in [0, 0.05) is 5.56 Å². The number of ether oxygens (including phenoxy) is 2. The summed E-state index contributed by atoms with van der Waals surface area (Å²) in [5.41, 5.74) is 6.59. The van der Waals surface area contributed by atoms with Crippen LogP contribution in [0.5, 0.6) is 17.4 Å². The van der Waals surface area contributed by atoms with Gasteiger partial charge < -0.3 is 15.2 Å². The van der Waals surface area contributed by atoms with Crippen LogP contribution < -0.4 is 15.2 Å². The maximum Gasteiger partial charge on any atom is 0.315 e. The molecule has 0 saturated heterocycles. The van der Waals surface area contributed by atoms with Gasteiger partial charge in [-0.25, -0.2) is 4.98 Å². The fraction of sp³-hybridized carbons (Fsp3) is 0.154. The van der Waals surface area contributed by atoms with Crippen molar-refractivity contribution in [3.05, 3.63) is 46.1 Å². The van der Waals surface area contributed by atoms with Gasteiger partial charge in [0.2, 0.25) is 11.6 Å². The van der Waals surface area contributed by atoms with Gasteiger partial charge in [0.1, 0.15) is 5.75 Å². The predicted molar refractivity (Wildman–Crippen MR) is 73.1 cm³/mol. The third-order valence-corrected chi connectivity index (χ3v) is 2.62. The van der Waals surface area contributed by atoms with Gasteiger partial charge in [-0.3, -0.25) is 10.1 Å². The molecule has 1 heterocycles. The number of methoxy groups -OCH3 is 1. The largest absolute Gasteiger partial charge is 0.496 e. The van der Waals surface area contributed by atoms with Crippen molar-refractivity contribution >= 4 is 11.4 Å². The lowest BCUT2D eigenvalue weighted by Gasteiger charge is -2.09. The first-order valence-corrected chi connectivity index (χ1v) is 5.73. The number of hydrogen-bond donors (Lipinski definition) is 1. The molecule has 0 spiro atoms. The molecular weight excluding hydrogens is 262 g/mol. The lowest BCUT2D eigenvalue weighted by atomic mass is 10.2. The van der Waals surface area contributed by atoms with E-state index in [1.54, 1.807) is 19.1 Å². The molecule has 2 aromatic rings. The van der Waals surface area contributed by atoms with Gasteiger partial charge in [0.05, 0.1) is 30.0 Å². The quantitative estimate of drug-likeness (QED) is 0.680. The second-order valence-electron chi connectivity index (χ2n) is 4.08. The minimum Gasteiger partial charge on any atom is -0.496 e. The molecular formula is C13H13N3O4. The molecule has 0 bridgehead atoms. The van der Waals surface area contributed by atoms with E-state index in [0.29, 0.717) is 17.0 Å². The van der Waals surface area contributed by atoms with Crippen molar-refractivity contribution in [1.82, 2.24) is 4.98 Å². The van der Waals surface area contributed by atoms with Gasteiger partial charge in [-0.15, -0.1) is 0 Å². The van der Waals surface area contributed by atoms with E-state index >= 15 is 0 Å². The number of nitrogen functional groups attached to an aromatic ring is 1. The van der Waals surface area contributed by atoms with Crippen molar-refractivity contribution in [1.29, 1.82) is 0 Å². The Kier molecular flexibility index (Phi) is 3.69. The van der Waals surface area contributed by atoms with Crippen molar-refractivity contribution in [2.45, 2.75) is 6.92 Å². The Hall–Kier alpha value is -2.83. The zero-order valence-corrected chi connectivity index (χ0v) is 11.0. The van der Waals surface area contributed by atoms with Crippen molar-refractivity contribution in [3.63, 3.8) is 0 Å². The number of aromatic nitrogens is 1. The fourth-order valence-electron chi connectivity index (χ4n) is 1.65. The normalized spacial score (nSPS) is 10.1. The van der Waals surface area contributed by atoms with Crippen molar-refractivity contribution < 1.29 is 14.4 Å². The Morgan fingerprint density at radius 1 is 1.35 bits per heavy atom. The molecule has 0 radical (unpaired) electrons. The average molecular weight is 275 g/mol. The van der Waals surface area contributed by atoms with Gasteiger partial charge in [-0.05, 0) is 25.1 Å². The van der Waals surface area contributed by atoms with E-state index in [1.165, 1.54) is 25.4 Å². The molecule has 7 heteroatoms. The smallest absolute Gasteiger partial charge is 0.315 e. The van der Waals surface area contributed by atoms with Crippen LogP contribution in [0.2, 0.25) is 0 Å². The minimum absolute atomic E-state index is 0.0937. The number of aryl methyl sites for hydroxylation is 1. The molecule has 0 unspecified atom stereocenters. The second kappa shape index (κ2) is 5.43. The van der Waals surface area contributed by atoms with Gasteiger partial charge >= 0.3 is 5.69 Å². The molecule has 0 fully saturated rings. The average Bonchev–Trinajstić information content (AvgIpc) is 2.42. The van der Waals surface area contributed by atoms with Crippen LogP contribution in [0, 0.1) is 17.0 Å². The molecule has 0 aliphatic heterocycles. The minimum atomic E-state index is -0.537. The monoisotopic (exact) mass is 275 g/mol. The van der Waals surface area contributed by atoms with Crippen LogP contribution >= 0.6 is 0 Å². The summed E-state index contributed by atoms with van der Waals surface area (Å²) in [6.45, 7) is 1.76. The summed E-state index contributed by atoms with van der Waals surface area (Å²) in [5, 5.41) is 11.0. The first kappa shape index (κ1) is 13.6. The Morgan fingerprint density at radius 3 is 2.70 bits per heavy atom. The third kappa shape index (κ3) is 2.77. The lowest BCUT2D eigenvalue weighted by molar-refractivity contribution is -0.385. The van der Waals surface area contributed by atoms with Gasteiger partial charge in [-0.1, -0.05) is 0 Å². The molecule has 104 valence electrons. The Balaban J connectivity index is 2.40. The van der Waals surface area contributed by atoms with Gasteiger partial charge in [0.15, 0.2) is 0 Å². The zero-order chi connectivity index (χ0) is 14.7. The number of nitro groups is 1. The highest BCUT2D eigenvalue weighted by atomic mass is 16.6. The zero-order valence-electron chi connectivity index (χ0n) is 11.0. The molecule has 20 heavy (non-hydrogen) atoms. The fourth-order valence-corrected chi connectivity index (χ4v) is 1.65. The Bertz CT molecular complexity index is 658. The first-order chi connectivity index (χ1) is 9.51. The SMILES string of the molecule is COc1ccc(Oc2ncc(N)cc2C)c([N+](=O)[O-])c1. The predicted octanol–water partition coefficient (Wildman–Crippen LogP) is 2.68. The second-order valence-corrected chi connectivity index (χ2v) is 4.08. The third-order valence-electron chi connectivity index (χ3n) is 2.62. The van der Waals surface area contributed by atoms with Crippen LogP contribution in [0.15, 0.2) is 30.5 Å². The summed E-state index contributed by atoms with van der Waals surface area (Å²) in [6, 6.07) is 6.02. The number of pyridine rings is 1. The highest BCUT2D eigenvalue weighted by molar-refractivity contribution is 5.53. The van der Waals surface area contributed by atoms with E-state index in [4.69, 9.17) is 15.2 Å². The number of benzene rings is 1. The van der Waals surface area contributed by atoms with Gasteiger partial charge in [-0.2, -0.15) is 0 Å². The number of anilines is 1. The van der Waals surface area contributed by atoms with Crippen molar-refractivity contribution in [2.24, 2.45) is 0 Å². The van der Waals surface area contributed by atoms with E-state index in [0.717, 1.165) is 0 Å². The van der Waals surface area contributed by atoms with Crippen LogP contribution in [0.1, 0.15) is 5.56 Å². The van der Waals surface area contributed by atoms with Crippen LogP contribution in [-0.2, 0) is 0 Å². The summed E-state index contributed by atoms with van der Waals surface area (Å²) >= 11 is 0. The summed E-state index contributed by atoms with van der Waals surface area (Å²) < 4.78 is 10.4. The maximum absolute atomic E-state index is 11.0. The highest BCUT2D eigenvalue weighted by Gasteiger charge is 2.18. The summed E-state index contributed by atoms with van der Waals surface area (Å²) in [6.07, 6.45) is 1.43. The molecule has 2 N–H and O–H groups in total. The molecule has 1 aromatic heterocycles. The van der Waals surface area contributed by atoms with Crippen LogP contribution in [0.4, 0.5) is 11.4 Å². The molecule has 1 aromatic carbocycles. The van der Waals surface area contributed by atoms with Gasteiger partial charge in [0.25, 0.3) is 0 Å². The number of nitrogens with zero attached hydrogens (tertiary/aromatic N) is 2. The van der Waals surface area contributed by atoms with Crippen LogP contribution in [0.25, 0.3) is 0 Å².